The molecule has 9 nitrogen and oxygen atoms in total. The predicted octanol–water partition coefficient (Wildman–Crippen LogP) is 2.85. The fraction of sp³-hybridized carbons (Fsp3) is 0.593. The second kappa shape index (κ2) is 10.1. The number of H-pyrrole nitrogens is 1. The van der Waals surface area contributed by atoms with Gasteiger partial charge in [-0.2, -0.15) is 0 Å². The monoisotopic (exact) mass is 529 g/mol. The van der Waals surface area contributed by atoms with Gasteiger partial charge in [-0.25, -0.2) is 8.42 Å². The molecule has 0 spiro atoms. The van der Waals surface area contributed by atoms with Crippen LogP contribution in [0.4, 0.5) is 0 Å². The number of aromatic amines is 1. The van der Waals surface area contributed by atoms with Crippen LogP contribution in [-0.2, 0) is 19.4 Å². The lowest BCUT2D eigenvalue weighted by Crippen LogP contribution is -2.53. The number of amides is 2. The molecule has 10 heteroatoms. The Bertz CT molecular complexity index is 1320. The van der Waals surface area contributed by atoms with E-state index in [1.807, 2.05) is 18.2 Å². The van der Waals surface area contributed by atoms with Gasteiger partial charge in [-0.3, -0.25) is 14.4 Å². The van der Waals surface area contributed by atoms with Crippen LogP contribution in [0.2, 0.25) is 0 Å². The van der Waals surface area contributed by atoms with Gasteiger partial charge in [0.25, 0.3) is 5.91 Å². The number of ketones is 1. The number of aromatic nitrogens is 1. The minimum atomic E-state index is -3.25. The highest BCUT2D eigenvalue weighted by molar-refractivity contribution is 7.92. The fourth-order valence-corrected chi connectivity index (χ4v) is 8.50. The SMILES string of the molecule is CCC(=O)[C@H](C[C@@H]1CCCS1(=O)=O)NC(=O)[C@@H]1[C@H]2CCC[C@H]2CN1C(=O)c1cc2c(OC)cccc2[nH]1. The number of methoxy groups -OCH3 is 1. The molecule has 0 bridgehead atoms. The zero-order valence-electron chi connectivity index (χ0n) is 21.4. The number of carbonyl (C=O) groups is 3. The smallest absolute Gasteiger partial charge is 0.271 e. The van der Waals surface area contributed by atoms with E-state index in [0.717, 1.165) is 30.2 Å². The van der Waals surface area contributed by atoms with Crippen LogP contribution in [0.3, 0.4) is 0 Å². The first-order valence-electron chi connectivity index (χ1n) is 13.2. The summed E-state index contributed by atoms with van der Waals surface area (Å²) in [5, 5.41) is 3.07. The van der Waals surface area contributed by atoms with Crippen molar-refractivity contribution in [2.75, 3.05) is 19.4 Å². The molecular formula is C27H35N3O6S. The molecule has 37 heavy (non-hydrogen) atoms. The van der Waals surface area contributed by atoms with Crippen LogP contribution in [0, 0.1) is 11.8 Å². The van der Waals surface area contributed by atoms with Gasteiger partial charge in [0.15, 0.2) is 15.6 Å². The summed E-state index contributed by atoms with van der Waals surface area (Å²) in [5.74, 6) is 0.232. The lowest BCUT2D eigenvalue weighted by molar-refractivity contribution is -0.131. The van der Waals surface area contributed by atoms with Gasteiger partial charge in [-0.05, 0) is 62.1 Å². The summed E-state index contributed by atoms with van der Waals surface area (Å²) in [6, 6.07) is 5.74. The Kier molecular flexibility index (Phi) is 7.04. The Hall–Kier alpha value is -2.88. The maximum atomic E-state index is 13.7. The van der Waals surface area contributed by atoms with Gasteiger partial charge in [-0.15, -0.1) is 0 Å². The minimum absolute atomic E-state index is 0.0236. The van der Waals surface area contributed by atoms with Crippen molar-refractivity contribution in [2.45, 2.75) is 69.2 Å². The molecule has 0 unspecified atom stereocenters. The first-order valence-corrected chi connectivity index (χ1v) is 15.0. The van der Waals surface area contributed by atoms with E-state index in [1.165, 1.54) is 0 Å². The Labute approximate surface area is 217 Å². The van der Waals surface area contributed by atoms with Crippen LogP contribution < -0.4 is 10.1 Å². The molecule has 3 fully saturated rings. The number of hydrogen-bond donors (Lipinski definition) is 2. The van der Waals surface area contributed by atoms with Gasteiger partial charge < -0.3 is 19.9 Å². The van der Waals surface area contributed by atoms with Crippen LogP contribution in [0.5, 0.6) is 5.75 Å². The van der Waals surface area contributed by atoms with E-state index in [2.05, 4.69) is 10.3 Å². The normalized spacial score (nSPS) is 27.2. The molecule has 5 rings (SSSR count). The van der Waals surface area contributed by atoms with Crippen molar-refractivity contribution in [3.8, 4) is 5.75 Å². The third-order valence-corrected chi connectivity index (χ3v) is 10.8. The van der Waals surface area contributed by atoms with E-state index in [1.54, 1.807) is 25.0 Å². The first kappa shape index (κ1) is 25.8. The molecule has 5 atom stereocenters. The third kappa shape index (κ3) is 4.76. The molecule has 2 aliphatic heterocycles. The molecule has 1 saturated carbocycles. The number of sulfone groups is 1. The maximum Gasteiger partial charge on any atom is 0.271 e. The number of ether oxygens (including phenoxy) is 1. The molecule has 3 heterocycles. The van der Waals surface area contributed by atoms with E-state index in [-0.39, 0.29) is 48.0 Å². The fourth-order valence-electron chi connectivity index (χ4n) is 6.59. The van der Waals surface area contributed by atoms with Crippen molar-refractivity contribution in [1.82, 2.24) is 15.2 Å². The van der Waals surface area contributed by atoms with Crippen LogP contribution in [0.1, 0.15) is 62.4 Å². The Balaban J connectivity index is 1.40. The highest BCUT2D eigenvalue weighted by atomic mass is 32.2. The number of hydrogen-bond acceptors (Lipinski definition) is 6. The average Bonchev–Trinajstić information content (AvgIpc) is 3.65. The van der Waals surface area contributed by atoms with Crippen molar-refractivity contribution in [3.63, 3.8) is 0 Å². The van der Waals surface area contributed by atoms with E-state index >= 15 is 0 Å². The maximum absolute atomic E-state index is 13.7. The molecule has 3 aliphatic rings. The van der Waals surface area contributed by atoms with Crippen LogP contribution in [0.25, 0.3) is 10.9 Å². The number of nitrogens with zero attached hydrogens (tertiary/aromatic N) is 1. The number of nitrogens with one attached hydrogen (secondary N) is 2. The van der Waals surface area contributed by atoms with Crippen molar-refractivity contribution in [2.24, 2.45) is 11.8 Å². The Morgan fingerprint density at radius 1 is 1.19 bits per heavy atom. The Morgan fingerprint density at radius 2 is 2.00 bits per heavy atom. The summed E-state index contributed by atoms with van der Waals surface area (Å²) >= 11 is 0. The number of carbonyl (C=O) groups excluding carboxylic acids is 3. The first-order chi connectivity index (χ1) is 17.7. The molecule has 2 saturated heterocycles. The van der Waals surface area contributed by atoms with E-state index < -0.39 is 27.2 Å². The standard InChI is InChI=1S/C27H35N3O6S/c1-3-23(31)21(13-17-8-6-12-37(17,34)35)29-26(32)25-18-9-4-7-16(18)15-30(25)27(33)22-14-19-20(28-22)10-5-11-24(19)36-2/h5,10-11,14,16-18,21,25,28H,3-4,6-9,12-13,15H2,1-2H3,(H,29,32)/t16-,17-,18-,21-,25-/m0/s1. The van der Waals surface area contributed by atoms with Crippen LogP contribution >= 0.6 is 0 Å². The van der Waals surface area contributed by atoms with E-state index in [9.17, 15) is 22.8 Å². The second-order valence-corrected chi connectivity index (χ2v) is 13.0. The van der Waals surface area contributed by atoms with Crippen LogP contribution in [-0.4, -0.2) is 72.6 Å². The summed E-state index contributed by atoms with van der Waals surface area (Å²) in [6.07, 6.45) is 4.19. The second-order valence-electron chi connectivity index (χ2n) is 10.6. The van der Waals surface area contributed by atoms with Crippen molar-refractivity contribution in [3.05, 3.63) is 30.0 Å². The number of Topliss-reactive ketones (excluding diaryl/α,β-unsaturated/α-hetero) is 1. The Morgan fingerprint density at radius 3 is 2.70 bits per heavy atom. The summed E-state index contributed by atoms with van der Waals surface area (Å²) in [6.45, 7) is 2.20. The van der Waals surface area contributed by atoms with Crippen molar-refractivity contribution in [1.29, 1.82) is 0 Å². The third-order valence-electron chi connectivity index (χ3n) is 8.51. The average molecular weight is 530 g/mol. The number of fused-ring (bicyclic) bond motifs is 2. The highest BCUT2D eigenvalue weighted by Crippen LogP contribution is 2.43. The molecule has 2 amide bonds. The van der Waals surface area contributed by atoms with E-state index in [4.69, 9.17) is 4.74 Å². The molecule has 1 aromatic carbocycles. The molecule has 200 valence electrons. The van der Waals surface area contributed by atoms with Gasteiger partial charge >= 0.3 is 0 Å². The van der Waals surface area contributed by atoms with Gasteiger partial charge in [0, 0.05) is 23.9 Å². The highest BCUT2D eigenvalue weighted by Gasteiger charge is 2.50. The minimum Gasteiger partial charge on any atom is -0.496 e. The van der Waals surface area contributed by atoms with Crippen LogP contribution in [0.15, 0.2) is 24.3 Å². The topological polar surface area (TPSA) is 126 Å². The summed E-state index contributed by atoms with van der Waals surface area (Å²) in [7, 11) is -1.67. The predicted molar refractivity (Wildman–Crippen MR) is 139 cm³/mol. The van der Waals surface area contributed by atoms with Gasteiger partial charge in [0.2, 0.25) is 5.91 Å². The molecule has 2 aromatic rings. The zero-order chi connectivity index (χ0) is 26.3. The summed E-state index contributed by atoms with van der Waals surface area (Å²) in [4.78, 5) is 45.1. The molecular weight excluding hydrogens is 494 g/mol. The van der Waals surface area contributed by atoms with Gasteiger partial charge in [0.05, 0.1) is 24.2 Å². The zero-order valence-corrected chi connectivity index (χ0v) is 22.2. The van der Waals surface area contributed by atoms with Gasteiger partial charge in [0.1, 0.15) is 17.5 Å². The number of rotatable bonds is 8. The lowest BCUT2D eigenvalue weighted by Gasteiger charge is -2.29. The number of benzene rings is 1. The molecule has 2 N–H and O–H groups in total. The summed E-state index contributed by atoms with van der Waals surface area (Å²) < 4.78 is 30.3. The quantitative estimate of drug-likeness (QED) is 0.542. The largest absolute Gasteiger partial charge is 0.496 e. The molecule has 1 aliphatic carbocycles. The molecule has 0 radical (unpaired) electrons. The van der Waals surface area contributed by atoms with Gasteiger partial charge in [-0.1, -0.05) is 19.4 Å². The van der Waals surface area contributed by atoms with Crippen molar-refractivity contribution < 1.29 is 27.5 Å². The molecule has 1 aromatic heterocycles. The summed E-state index contributed by atoms with van der Waals surface area (Å²) in [5.41, 5.74) is 1.16. The van der Waals surface area contributed by atoms with E-state index in [0.29, 0.717) is 30.8 Å². The lowest BCUT2D eigenvalue weighted by atomic mass is 9.92. The van der Waals surface area contributed by atoms with Crippen molar-refractivity contribution >= 4 is 38.3 Å². The number of likely N-dealkylation sites (tertiary alicyclic amines) is 1.